The van der Waals surface area contributed by atoms with E-state index < -0.39 is 0 Å². The van der Waals surface area contributed by atoms with Crippen molar-refractivity contribution in [3.8, 4) is 0 Å². The maximum Gasteiger partial charge on any atom is 0.311 e. The molecule has 2 aromatic heterocycles. The Morgan fingerprint density at radius 2 is 2.09 bits per heavy atom. The minimum atomic E-state index is -0.268. The van der Waals surface area contributed by atoms with Crippen LogP contribution < -0.4 is 0 Å². The predicted molar refractivity (Wildman–Crippen MR) is 86.7 cm³/mol. The summed E-state index contributed by atoms with van der Waals surface area (Å²) < 4.78 is 8.94. The lowest BCUT2D eigenvalue weighted by molar-refractivity contribution is -0.142. The number of carbonyl (C=O) groups excluding carboxylic acids is 2. The quantitative estimate of drug-likeness (QED) is 0.629. The lowest BCUT2D eigenvalue weighted by atomic mass is 10.1. The van der Waals surface area contributed by atoms with Crippen LogP contribution in [-0.4, -0.2) is 27.5 Å². The molecule has 0 aromatic carbocycles. The number of carbonyl (C=O) groups is 2. The van der Waals surface area contributed by atoms with E-state index in [2.05, 4.69) is 4.57 Å². The van der Waals surface area contributed by atoms with Crippen molar-refractivity contribution < 1.29 is 14.3 Å². The summed E-state index contributed by atoms with van der Waals surface area (Å²) in [7, 11) is 1.84. The van der Waals surface area contributed by atoms with Gasteiger partial charge in [-0.3, -0.25) is 9.59 Å². The van der Waals surface area contributed by atoms with Crippen LogP contribution in [0, 0.1) is 6.92 Å². The SMILES string of the molecule is CCOC(=O)Cc1cc(C)c(C(=O)c2ccc3n2CCC3)n1C. The van der Waals surface area contributed by atoms with Gasteiger partial charge < -0.3 is 13.9 Å². The van der Waals surface area contributed by atoms with E-state index in [1.54, 1.807) is 6.92 Å². The first kappa shape index (κ1) is 15.6. The molecule has 1 aliphatic rings. The third kappa shape index (κ3) is 2.71. The molecule has 0 saturated heterocycles. The molecule has 5 nitrogen and oxygen atoms in total. The smallest absolute Gasteiger partial charge is 0.311 e. The van der Waals surface area contributed by atoms with E-state index in [1.807, 2.05) is 36.7 Å². The van der Waals surface area contributed by atoms with Crippen LogP contribution in [0.4, 0.5) is 0 Å². The largest absolute Gasteiger partial charge is 0.466 e. The van der Waals surface area contributed by atoms with Crippen LogP contribution in [0.3, 0.4) is 0 Å². The molecule has 0 fully saturated rings. The van der Waals surface area contributed by atoms with Gasteiger partial charge in [-0.25, -0.2) is 0 Å². The Labute approximate surface area is 135 Å². The molecule has 0 radical (unpaired) electrons. The van der Waals surface area contributed by atoms with E-state index in [0.717, 1.165) is 36.3 Å². The topological polar surface area (TPSA) is 53.2 Å². The molecule has 0 atom stereocenters. The van der Waals surface area contributed by atoms with Gasteiger partial charge in [0.15, 0.2) is 0 Å². The van der Waals surface area contributed by atoms with Gasteiger partial charge in [0.1, 0.15) is 0 Å². The Bertz CT molecular complexity index is 768. The highest BCUT2D eigenvalue weighted by atomic mass is 16.5. The monoisotopic (exact) mass is 314 g/mol. The van der Waals surface area contributed by atoms with Gasteiger partial charge in [-0.05, 0) is 50.5 Å². The molecule has 0 unspecified atom stereocenters. The summed E-state index contributed by atoms with van der Waals surface area (Å²) in [6.07, 6.45) is 2.31. The first-order valence-electron chi connectivity index (χ1n) is 8.06. The van der Waals surface area contributed by atoms with Crippen molar-refractivity contribution in [1.82, 2.24) is 9.13 Å². The lowest BCUT2D eigenvalue weighted by Gasteiger charge is -2.09. The summed E-state index contributed by atoms with van der Waals surface area (Å²) >= 11 is 0. The fourth-order valence-corrected chi connectivity index (χ4v) is 3.41. The second kappa shape index (κ2) is 6.07. The highest BCUT2D eigenvalue weighted by molar-refractivity contribution is 6.08. The molecule has 5 heteroatoms. The zero-order valence-corrected chi connectivity index (χ0v) is 13.9. The number of hydrogen-bond acceptors (Lipinski definition) is 3. The third-order valence-corrected chi connectivity index (χ3v) is 4.49. The van der Waals surface area contributed by atoms with Gasteiger partial charge in [-0.2, -0.15) is 0 Å². The summed E-state index contributed by atoms with van der Waals surface area (Å²) in [5, 5.41) is 0. The van der Waals surface area contributed by atoms with E-state index in [0.29, 0.717) is 12.3 Å². The fraction of sp³-hybridized carbons (Fsp3) is 0.444. The van der Waals surface area contributed by atoms with Gasteiger partial charge in [-0.1, -0.05) is 0 Å². The molecule has 0 N–H and O–H groups in total. The Morgan fingerprint density at radius 3 is 2.83 bits per heavy atom. The number of aromatic nitrogens is 2. The van der Waals surface area contributed by atoms with E-state index in [-0.39, 0.29) is 18.2 Å². The number of esters is 1. The van der Waals surface area contributed by atoms with Crippen molar-refractivity contribution in [1.29, 1.82) is 0 Å². The highest BCUT2D eigenvalue weighted by Gasteiger charge is 2.24. The van der Waals surface area contributed by atoms with Crippen LogP contribution in [0.15, 0.2) is 18.2 Å². The molecule has 1 aliphatic heterocycles. The molecule has 2 aromatic rings. The maximum atomic E-state index is 13.0. The van der Waals surface area contributed by atoms with E-state index >= 15 is 0 Å². The summed E-state index contributed by atoms with van der Waals surface area (Å²) in [5.74, 6) is -0.246. The van der Waals surface area contributed by atoms with Crippen molar-refractivity contribution in [2.45, 2.75) is 39.7 Å². The minimum Gasteiger partial charge on any atom is -0.466 e. The van der Waals surface area contributed by atoms with Gasteiger partial charge in [0.05, 0.1) is 24.4 Å². The van der Waals surface area contributed by atoms with Gasteiger partial charge in [0.2, 0.25) is 5.78 Å². The molecular formula is C18H22N2O3. The van der Waals surface area contributed by atoms with Gasteiger partial charge in [0.25, 0.3) is 0 Å². The lowest BCUT2D eigenvalue weighted by Crippen LogP contribution is -2.16. The fourth-order valence-electron chi connectivity index (χ4n) is 3.41. The Balaban J connectivity index is 1.92. The van der Waals surface area contributed by atoms with Crippen LogP contribution in [0.5, 0.6) is 0 Å². The molecule has 0 aliphatic carbocycles. The molecule has 0 saturated carbocycles. The number of ketones is 1. The summed E-state index contributed by atoms with van der Waals surface area (Å²) in [4.78, 5) is 24.7. The van der Waals surface area contributed by atoms with Crippen LogP contribution >= 0.6 is 0 Å². The number of rotatable bonds is 5. The number of aryl methyl sites for hydroxylation is 2. The summed E-state index contributed by atoms with van der Waals surface area (Å²) in [6, 6.07) is 5.85. The number of nitrogens with zero attached hydrogens (tertiary/aromatic N) is 2. The third-order valence-electron chi connectivity index (χ3n) is 4.49. The van der Waals surface area contributed by atoms with Crippen molar-refractivity contribution in [2.24, 2.45) is 7.05 Å². The number of ether oxygens (including phenoxy) is 1. The van der Waals surface area contributed by atoms with Crippen LogP contribution in [-0.2, 0) is 36.0 Å². The van der Waals surface area contributed by atoms with Gasteiger partial charge in [0, 0.05) is 25.0 Å². The van der Waals surface area contributed by atoms with Gasteiger partial charge in [-0.15, -0.1) is 0 Å². The molecule has 0 spiro atoms. The normalized spacial score (nSPS) is 13.2. The summed E-state index contributed by atoms with van der Waals surface area (Å²) in [5.41, 5.74) is 4.32. The molecule has 3 rings (SSSR count). The molecule has 3 heterocycles. The van der Waals surface area contributed by atoms with Crippen LogP contribution in [0.25, 0.3) is 0 Å². The maximum absolute atomic E-state index is 13.0. The first-order valence-corrected chi connectivity index (χ1v) is 8.06. The zero-order valence-electron chi connectivity index (χ0n) is 13.9. The van der Waals surface area contributed by atoms with Crippen molar-refractivity contribution in [3.05, 3.63) is 46.5 Å². The Morgan fingerprint density at radius 1 is 1.30 bits per heavy atom. The predicted octanol–water partition coefficient (Wildman–Crippen LogP) is 2.42. The molecule has 0 amide bonds. The highest BCUT2D eigenvalue weighted by Crippen LogP contribution is 2.24. The van der Waals surface area contributed by atoms with Crippen molar-refractivity contribution in [3.63, 3.8) is 0 Å². The standard InChI is InChI=1S/C18H22N2O3/c1-4-23-16(21)11-14-10-12(2)17(19(14)3)18(22)15-8-7-13-6-5-9-20(13)15/h7-8,10H,4-6,9,11H2,1-3H3. The second-order valence-corrected chi connectivity index (χ2v) is 6.00. The first-order chi connectivity index (χ1) is 11.0. The van der Waals surface area contributed by atoms with Crippen LogP contribution in [0.2, 0.25) is 0 Å². The average molecular weight is 314 g/mol. The summed E-state index contributed by atoms with van der Waals surface area (Å²) in [6.45, 7) is 4.97. The molecule has 0 bridgehead atoms. The van der Waals surface area contributed by atoms with Crippen molar-refractivity contribution in [2.75, 3.05) is 6.61 Å². The van der Waals surface area contributed by atoms with E-state index in [1.165, 1.54) is 5.69 Å². The Kier molecular flexibility index (Phi) is 4.11. The molecular weight excluding hydrogens is 292 g/mol. The second-order valence-electron chi connectivity index (χ2n) is 6.00. The van der Waals surface area contributed by atoms with Crippen molar-refractivity contribution >= 4 is 11.8 Å². The molecule has 122 valence electrons. The zero-order chi connectivity index (χ0) is 16.6. The number of fused-ring (bicyclic) bond motifs is 1. The van der Waals surface area contributed by atoms with Crippen LogP contribution in [0.1, 0.15) is 46.5 Å². The van der Waals surface area contributed by atoms with E-state index in [4.69, 9.17) is 4.74 Å². The van der Waals surface area contributed by atoms with Gasteiger partial charge >= 0.3 is 5.97 Å². The average Bonchev–Trinajstić information content (AvgIpc) is 3.14. The molecule has 23 heavy (non-hydrogen) atoms. The number of hydrogen-bond donors (Lipinski definition) is 0. The Hall–Kier alpha value is -2.30. The van der Waals surface area contributed by atoms with E-state index in [9.17, 15) is 9.59 Å². The minimum absolute atomic E-state index is 0.0215.